The molecule has 1 heterocycles. The molecule has 1 fully saturated rings. The van der Waals surface area contributed by atoms with Crippen molar-refractivity contribution in [2.45, 2.75) is 33.2 Å². The molecule has 0 spiro atoms. The fourth-order valence-electron chi connectivity index (χ4n) is 2.70. The monoisotopic (exact) mass is 263 g/mol. The summed E-state index contributed by atoms with van der Waals surface area (Å²) >= 11 is 0. The number of rotatable bonds is 6. The van der Waals surface area contributed by atoms with Gasteiger partial charge in [0, 0.05) is 31.7 Å². The summed E-state index contributed by atoms with van der Waals surface area (Å²) in [5.74, 6) is 0. The lowest BCUT2D eigenvalue weighted by molar-refractivity contribution is 0.124. The fourth-order valence-corrected chi connectivity index (χ4v) is 2.70. The summed E-state index contributed by atoms with van der Waals surface area (Å²) in [5, 5.41) is 12.7. The van der Waals surface area contributed by atoms with E-state index in [0.717, 1.165) is 39.1 Å². The van der Waals surface area contributed by atoms with E-state index in [1.807, 2.05) is 0 Å². The van der Waals surface area contributed by atoms with Crippen molar-refractivity contribution in [1.82, 2.24) is 5.32 Å². The topological polar surface area (TPSA) is 41.5 Å². The van der Waals surface area contributed by atoms with Gasteiger partial charge in [0.05, 0.1) is 6.61 Å². The van der Waals surface area contributed by atoms with Gasteiger partial charge < -0.3 is 15.2 Å². The normalized spacial score (nSPS) is 22.9. The van der Waals surface area contributed by atoms with Crippen LogP contribution in [-0.4, -0.2) is 31.5 Å². The molecule has 1 aromatic carbocycles. The maximum atomic E-state index is 9.19. The van der Waals surface area contributed by atoms with E-state index in [-0.39, 0.29) is 12.0 Å². The van der Waals surface area contributed by atoms with E-state index in [1.54, 1.807) is 0 Å². The molecule has 0 bridgehead atoms. The van der Waals surface area contributed by atoms with Crippen molar-refractivity contribution in [3.8, 4) is 0 Å². The molecule has 19 heavy (non-hydrogen) atoms. The van der Waals surface area contributed by atoms with Gasteiger partial charge in [0.25, 0.3) is 0 Å². The lowest BCUT2D eigenvalue weighted by Crippen LogP contribution is -2.35. The minimum Gasteiger partial charge on any atom is -0.396 e. The molecule has 0 saturated carbocycles. The zero-order chi connectivity index (χ0) is 13.7. The first kappa shape index (κ1) is 14.5. The molecular formula is C16H25NO2. The Labute approximate surface area is 116 Å². The Kier molecular flexibility index (Phi) is 4.97. The van der Waals surface area contributed by atoms with Crippen LogP contribution in [0, 0.1) is 19.3 Å². The van der Waals surface area contributed by atoms with Gasteiger partial charge in [0.1, 0.15) is 0 Å². The van der Waals surface area contributed by atoms with Gasteiger partial charge in [-0.2, -0.15) is 0 Å². The first-order chi connectivity index (χ1) is 9.15. The zero-order valence-electron chi connectivity index (χ0n) is 12.0. The number of benzene rings is 1. The summed E-state index contributed by atoms with van der Waals surface area (Å²) in [7, 11) is 0. The molecule has 2 N–H and O–H groups in total. The number of aliphatic hydroxyl groups is 1. The van der Waals surface area contributed by atoms with E-state index < -0.39 is 0 Å². The highest BCUT2D eigenvalue weighted by Gasteiger charge is 2.33. The third-order valence-corrected chi connectivity index (χ3v) is 4.23. The van der Waals surface area contributed by atoms with Crippen LogP contribution in [0.3, 0.4) is 0 Å². The Morgan fingerprint density at radius 2 is 2.16 bits per heavy atom. The molecule has 106 valence electrons. The number of ether oxygens (including phenoxy) is 1. The molecule has 1 atom stereocenters. The SMILES string of the molecule is Cc1ccc(CNCC2(CCO)CCOC2)cc1C. The quantitative estimate of drug-likeness (QED) is 0.826. The predicted octanol–water partition coefficient (Wildman–Crippen LogP) is 2.18. The summed E-state index contributed by atoms with van der Waals surface area (Å²) < 4.78 is 5.50. The summed E-state index contributed by atoms with van der Waals surface area (Å²) in [6.45, 7) is 7.93. The Morgan fingerprint density at radius 3 is 2.79 bits per heavy atom. The molecule has 0 aliphatic carbocycles. The molecule has 1 aromatic rings. The van der Waals surface area contributed by atoms with Crippen molar-refractivity contribution in [2.75, 3.05) is 26.4 Å². The summed E-state index contributed by atoms with van der Waals surface area (Å²) in [4.78, 5) is 0. The molecule has 1 unspecified atom stereocenters. The average molecular weight is 263 g/mol. The van der Waals surface area contributed by atoms with Gasteiger partial charge in [-0.05, 0) is 43.4 Å². The van der Waals surface area contributed by atoms with Crippen LogP contribution in [0.25, 0.3) is 0 Å². The summed E-state index contributed by atoms with van der Waals surface area (Å²) in [6.07, 6.45) is 1.88. The second kappa shape index (κ2) is 6.51. The van der Waals surface area contributed by atoms with Crippen molar-refractivity contribution in [3.63, 3.8) is 0 Å². The third-order valence-electron chi connectivity index (χ3n) is 4.23. The maximum absolute atomic E-state index is 9.19. The van der Waals surface area contributed by atoms with E-state index in [9.17, 15) is 5.11 Å². The Morgan fingerprint density at radius 1 is 1.32 bits per heavy atom. The first-order valence-electron chi connectivity index (χ1n) is 7.11. The van der Waals surface area contributed by atoms with E-state index in [4.69, 9.17) is 4.74 Å². The van der Waals surface area contributed by atoms with E-state index in [1.165, 1.54) is 16.7 Å². The molecule has 1 aliphatic rings. The van der Waals surface area contributed by atoms with Crippen molar-refractivity contribution < 1.29 is 9.84 Å². The van der Waals surface area contributed by atoms with E-state index in [2.05, 4.69) is 37.4 Å². The van der Waals surface area contributed by atoms with Crippen molar-refractivity contribution >= 4 is 0 Å². The van der Waals surface area contributed by atoms with E-state index >= 15 is 0 Å². The number of hydrogen-bond donors (Lipinski definition) is 2. The van der Waals surface area contributed by atoms with Crippen LogP contribution in [0.4, 0.5) is 0 Å². The van der Waals surface area contributed by atoms with Crippen LogP contribution >= 0.6 is 0 Å². The second-order valence-corrected chi connectivity index (χ2v) is 5.80. The van der Waals surface area contributed by atoms with Gasteiger partial charge in [-0.3, -0.25) is 0 Å². The number of nitrogens with one attached hydrogen (secondary N) is 1. The van der Waals surface area contributed by atoms with Crippen molar-refractivity contribution in [2.24, 2.45) is 5.41 Å². The van der Waals surface area contributed by atoms with Crippen LogP contribution in [0.1, 0.15) is 29.5 Å². The Bertz CT molecular complexity index is 411. The lowest BCUT2D eigenvalue weighted by atomic mass is 9.84. The summed E-state index contributed by atoms with van der Waals surface area (Å²) in [6, 6.07) is 6.60. The smallest absolute Gasteiger partial charge is 0.0536 e. The largest absolute Gasteiger partial charge is 0.396 e. The summed E-state index contributed by atoms with van der Waals surface area (Å²) in [5.41, 5.74) is 4.13. The van der Waals surface area contributed by atoms with Gasteiger partial charge in [0.15, 0.2) is 0 Å². The molecule has 3 heteroatoms. The molecular weight excluding hydrogens is 238 g/mol. The van der Waals surface area contributed by atoms with Crippen molar-refractivity contribution in [3.05, 3.63) is 34.9 Å². The average Bonchev–Trinajstić information content (AvgIpc) is 2.83. The first-order valence-corrected chi connectivity index (χ1v) is 7.11. The van der Waals surface area contributed by atoms with Gasteiger partial charge in [0.2, 0.25) is 0 Å². The Balaban J connectivity index is 1.86. The molecule has 2 rings (SSSR count). The van der Waals surface area contributed by atoms with Crippen LogP contribution in [0.5, 0.6) is 0 Å². The molecule has 0 aromatic heterocycles. The molecule has 3 nitrogen and oxygen atoms in total. The molecule has 1 saturated heterocycles. The standard InChI is InChI=1S/C16H25NO2/c1-13-3-4-15(9-14(13)2)10-17-11-16(5-7-18)6-8-19-12-16/h3-4,9,17-18H,5-8,10-12H2,1-2H3. The zero-order valence-corrected chi connectivity index (χ0v) is 12.0. The minimum atomic E-state index is 0.133. The van der Waals surface area contributed by atoms with Gasteiger partial charge in [-0.15, -0.1) is 0 Å². The number of aryl methyl sites for hydroxylation is 2. The van der Waals surface area contributed by atoms with Gasteiger partial charge >= 0.3 is 0 Å². The van der Waals surface area contributed by atoms with Gasteiger partial charge in [-0.1, -0.05) is 18.2 Å². The van der Waals surface area contributed by atoms with Crippen LogP contribution < -0.4 is 5.32 Å². The lowest BCUT2D eigenvalue weighted by Gasteiger charge is -2.27. The minimum absolute atomic E-state index is 0.133. The molecule has 0 amide bonds. The highest BCUT2D eigenvalue weighted by Crippen LogP contribution is 2.31. The highest BCUT2D eigenvalue weighted by molar-refractivity contribution is 5.29. The number of hydrogen-bond acceptors (Lipinski definition) is 3. The van der Waals surface area contributed by atoms with Crippen LogP contribution in [0.2, 0.25) is 0 Å². The fraction of sp³-hybridized carbons (Fsp3) is 0.625. The molecule has 1 aliphatic heterocycles. The van der Waals surface area contributed by atoms with Crippen molar-refractivity contribution in [1.29, 1.82) is 0 Å². The second-order valence-electron chi connectivity index (χ2n) is 5.80. The molecule has 0 radical (unpaired) electrons. The van der Waals surface area contributed by atoms with Gasteiger partial charge in [-0.25, -0.2) is 0 Å². The van der Waals surface area contributed by atoms with Crippen LogP contribution in [0.15, 0.2) is 18.2 Å². The Hall–Kier alpha value is -0.900. The predicted molar refractivity (Wildman–Crippen MR) is 77.2 cm³/mol. The van der Waals surface area contributed by atoms with Crippen LogP contribution in [-0.2, 0) is 11.3 Å². The maximum Gasteiger partial charge on any atom is 0.0536 e. The highest BCUT2D eigenvalue weighted by atomic mass is 16.5. The number of aliphatic hydroxyl groups excluding tert-OH is 1. The third kappa shape index (κ3) is 3.78. The van der Waals surface area contributed by atoms with E-state index in [0.29, 0.717) is 0 Å².